The number of hydrogen-bond donors (Lipinski definition) is 2. The van der Waals surface area contributed by atoms with Crippen LogP contribution in [0.4, 0.5) is 0 Å². The molecule has 1 atom stereocenters. The Hall–Kier alpha value is -2.70. The molecule has 1 aromatic carbocycles. The molecule has 2 rings (SSSR count). The normalized spacial score (nSPS) is 12.2. The van der Waals surface area contributed by atoms with E-state index in [0.29, 0.717) is 0 Å². The number of aromatic nitrogens is 3. The molecule has 0 aliphatic carbocycles. The van der Waals surface area contributed by atoms with E-state index in [-0.39, 0.29) is 11.6 Å². The van der Waals surface area contributed by atoms with E-state index >= 15 is 0 Å². The lowest BCUT2D eigenvalue weighted by Gasteiger charge is -2.16. The van der Waals surface area contributed by atoms with Crippen molar-refractivity contribution in [3.8, 4) is 5.69 Å². The Labute approximate surface area is 128 Å². The Morgan fingerprint density at radius 1 is 1.23 bits per heavy atom. The molecule has 1 amide bonds. The van der Waals surface area contributed by atoms with E-state index in [1.807, 2.05) is 31.2 Å². The minimum Gasteiger partial charge on any atom is -0.480 e. The average molecular weight is 302 g/mol. The lowest BCUT2D eigenvalue weighted by atomic mass is 10.0. The quantitative estimate of drug-likeness (QED) is 0.870. The standard InChI is InChI=1S/C15H18N4O3/c1-9(2)13(15(21)22)16-14(20)12-8-19(18-17-12)11-6-4-10(3)5-7-11/h4-9,13H,1-3H3,(H,16,20)(H,21,22)/t13-/m1/s1. The predicted octanol–water partition coefficient (Wildman–Crippen LogP) is 1.41. The second-order valence-electron chi connectivity index (χ2n) is 5.42. The van der Waals surface area contributed by atoms with Crippen LogP contribution in [0.5, 0.6) is 0 Å². The van der Waals surface area contributed by atoms with Crippen LogP contribution in [-0.4, -0.2) is 38.0 Å². The number of benzene rings is 1. The van der Waals surface area contributed by atoms with Crippen molar-refractivity contribution in [3.63, 3.8) is 0 Å². The topological polar surface area (TPSA) is 97.1 Å². The second kappa shape index (κ2) is 6.38. The van der Waals surface area contributed by atoms with Gasteiger partial charge in [0.05, 0.1) is 11.9 Å². The van der Waals surface area contributed by atoms with E-state index in [0.717, 1.165) is 11.3 Å². The summed E-state index contributed by atoms with van der Waals surface area (Å²) in [6.07, 6.45) is 1.47. The van der Waals surface area contributed by atoms with E-state index < -0.39 is 17.9 Å². The highest BCUT2D eigenvalue weighted by Crippen LogP contribution is 2.09. The van der Waals surface area contributed by atoms with Gasteiger partial charge in [0.1, 0.15) is 6.04 Å². The van der Waals surface area contributed by atoms with Gasteiger partial charge in [-0.3, -0.25) is 4.79 Å². The highest BCUT2D eigenvalue weighted by molar-refractivity contribution is 5.94. The van der Waals surface area contributed by atoms with Gasteiger partial charge in [0.25, 0.3) is 5.91 Å². The number of aliphatic carboxylic acids is 1. The smallest absolute Gasteiger partial charge is 0.326 e. The fourth-order valence-electron chi connectivity index (χ4n) is 1.92. The molecule has 0 radical (unpaired) electrons. The third-order valence-corrected chi connectivity index (χ3v) is 3.24. The first-order valence-electron chi connectivity index (χ1n) is 6.91. The van der Waals surface area contributed by atoms with Crippen LogP contribution < -0.4 is 5.32 Å². The summed E-state index contributed by atoms with van der Waals surface area (Å²) in [4.78, 5) is 23.2. The number of aryl methyl sites for hydroxylation is 1. The number of carbonyl (C=O) groups excluding carboxylic acids is 1. The fourth-order valence-corrected chi connectivity index (χ4v) is 1.92. The first-order valence-corrected chi connectivity index (χ1v) is 6.91. The molecule has 2 N–H and O–H groups in total. The maximum atomic E-state index is 12.1. The molecule has 0 spiro atoms. The summed E-state index contributed by atoms with van der Waals surface area (Å²) in [6.45, 7) is 5.42. The molecule has 7 heteroatoms. The summed E-state index contributed by atoms with van der Waals surface area (Å²) < 4.78 is 1.47. The molecule has 0 saturated carbocycles. The molecule has 22 heavy (non-hydrogen) atoms. The lowest BCUT2D eigenvalue weighted by Crippen LogP contribution is -2.44. The molecule has 2 aromatic rings. The van der Waals surface area contributed by atoms with Crippen LogP contribution >= 0.6 is 0 Å². The molecule has 1 heterocycles. The zero-order valence-corrected chi connectivity index (χ0v) is 12.6. The number of carboxylic acid groups (broad SMARTS) is 1. The summed E-state index contributed by atoms with van der Waals surface area (Å²) in [6, 6.07) is 6.61. The van der Waals surface area contributed by atoms with E-state index in [4.69, 9.17) is 5.11 Å². The van der Waals surface area contributed by atoms with Crippen LogP contribution in [0, 0.1) is 12.8 Å². The van der Waals surface area contributed by atoms with E-state index in [1.165, 1.54) is 10.9 Å². The van der Waals surface area contributed by atoms with E-state index in [1.54, 1.807) is 13.8 Å². The second-order valence-corrected chi connectivity index (χ2v) is 5.42. The Morgan fingerprint density at radius 3 is 2.41 bits per heavy atom. The van der Waals surface area contributed by atoms with Crippen LogP contribution in [-0.2, 0) is 4.79 Å². The molecule has 7 nitrogen and oxygen atoms in total. The molecular formula is C15H18N4O3. The van der Waals surface area contributed by atoms with E-state index in [2.05, 4.69) is 15.6 Å². The zero-order valence-electron chi connectivity index (χ0n) is 12.6. The van der Waals surface area contributed by atoms with Crippen molar-refractivity contribution in [2.45, 2.75) is 26.8 Å². The van der Waals surface area contributed by atoms with Crippen LogP contribution in [0.25, 0.3) is 5.69 Å². The lowest BCUT2D eigenvalue weighted by molar-refractivity contribution is -0.140. The summed E-state index contributed by atoms with van der Waals surface area (Å²) in [5, 5.41) is 19.2. The van der Waals surface area contributed by atoms with Gasteiger partial charge in [-0.1, -0.05) is 36.8 Å². The zero-order chi connectivity index (χ0) is 16.3. The van der Waals surface area contributed by atoms with Gasteiger partial charge >= 0.3 is 5.97 Å². The van der Waals surface area contributed by atoms with Gasteiger partial charge in [0, 0.05) is 0 Å². The van der Waals surface area contributed by atoms with Crippen molar-refractivity contribution in [3.05, 3.63) is 41.7 Å². The van der Waals surface area contributed by atoms with Gasteiger partial charge in [-0.15, -0.1) is 5.10 Å². The number of nitrogens with zero attached hydrogens (tertiary/aromatic N) is 3. The van der Waals surface area contributed by atoms with Gasteiger partial charge in [-0.2, -0.15) is 0 Å². The minimum absolute atomic E-state index is 0.0764. The molecular weight excluding hydrogens is 284 g/mol. The van der Waals surface area contributed by atoms with E-state index in [9.17, 15) is 9.59 Å². The molecule has 0 aliphatic heterocycles. The van der Waals surface area contributed by atoms with Crippen molar-refractivity contribution in [2.24, 2.45) is 5.92 Å². The van der Waals surface area contributed by atoms with Gasteiger partial charge < -0.3 is 10.4 Å². The summed E-state index contributed by atoms with van der Waals surface area (Å²) in [5.74, 6) is -1.86. The third-order valence-electron chi connectivity index (χ3n) is 3.24. The molecule has 0 aliphatic rings. The Kier molecular flexibility index (Phi) is 4.55. The molecule has 0 saturated heterocycles. The summed E-state index contributed by atoms with van der Waals surface area (Å²) >= 11 is 0. The largest absolute Gasteiger partial charge is 0.480 e. The number of carboxylic acids is 1. The highest BCUT2D eigenvalue weighted by Gasteiger charge is 2.25. The summed E-state index contributed by atoms with van der Waals surface area (Å²) in [7, 11) is 0. The van der Waals surface area contributed by atoms with Crippen LogP contribution in [0.15, 0.2) is 30.5 Å². The summed E-state index contributed by atoms with van der Waals surface area (Å²) in [5.41, 5.74) is 1.96. The fraction of sp³-hybridized carbons (Fsp3) is 0.333. The molecule has 0 fully saturated rings. The highest BCUT2D eigenvalue weighted by atomic mass is 16.4. The number of amides is 1. The van der Waals surface area contributed by atoms with Crippen LogP contribution in [0.2, 0.25) is 0 Å². The van der Waals surface area contributed by atoms with Gasteiger partial charge in [-0.05, 0) is 25.0 Å². The van der Waals surface area contributed by atoms with Crippen molar-refractivity contribution in [1.82, 2.24) is 20.3 Å². The Balaban J connectivity index is 2.15. The number of rotatable bonds is 5. The maximum absolute atomic E-state index is 12.1. The van der Waals surface area contributed by atoms with Crippen LogP contribution in [0.3, 0.4) is 0 Å². The molecule has 0 bridgehead atoms. The first-order chi connectivity index (χ1) is 10.4. The van der Waals surface area contributed by atoms with Crippen molar-refractivity contribution < 1.29 is 14.7 Å². The number of nitrogens with one attached hydrogen (secondary N) is 1. The number of hydrogen-bond acceptors (Lipinski definition) is 4. The Morgan fingerprint density at radius 2 is 1.86 bits per heavy atom. The first kappa shape index (κ1) is 15.7. The van der Waals surface area contributed by atoms with Crippen molar-refractivity contribution >= 4 is 11.9 Å². The molecule has 1 aromatic heterocycles. The van der Waals surface area contributed by atoms with Gasteiger partial charge in [0.15, 0.2) is 5.69 Å². The monoisotopic (exact) mass is 302 g/mol. The third kappa shape index (κ3) is 3.49. The molecule has 116 valence electrons. The van der Waals surface area contributed by atoms with Gasteiger partial charge in [-0.25, -0.2) is 9.48 Å². The Bertz CT molecular complexity index is 676. The predicted molar refractivity (Wildman–Crippen MR) is 79.8 cm³/mol. The minimum atomic E-state index is -1.07. The van der Waals surface area contributed by atoms with Crippen LogP contribution in [0.1, 0.15) is 29.9 Å². The molecule has 0 unspecified atom stereocenters. The van der Waals surface area contributed by atoms with Gasteiger partial charge in [0.2, 0.25) is 0 Å². The van der Waals surface area contributed by atoms with Crippen molar-refractivity contribution in [1.29, 1.82) is 0 Å². The maximum Gasteiger partial charge on any atom is 0.326 e. The SMILES string of the molecule is Cc1ccc(-n2cc(C(=O)N[C@@H](C(=O)O)C(C)C)nn2)cc1. The van der Waals surface area contributed by atoms with Crippen molar-refractivity contribution in [2.75, 3.05) is 0 Å². The average Bonchev–Trinajstić information content (AvgIpc) is 2.94. The number of carbonyl (C=O) groups is 2.